The minimum atomic E-state index is -0.880. The number of nitrogens with one attached hydrogen (secondary N) is 2. The first kappa shape index (κ1) is 14.3. The monoisotopic (exact) mass is 257 g/mol. The molecule has 0 aromatic rings. The van der Waals surface area contributed by atoms with Crippen molar-refractivity contribution >= 4 is 17.9 Å². The standard InChI is InChI=1S/C11H19N3O4/c1-7(10(16)17)3-4-13-11(18)14-6-5-12-9(15)8(14)2/h7-8H,3-6H2,1-2H3,(H,12,15)(H,13,18)(H,16,17). The molecule has 7 heteroatoms. The van der Waals surface area contributed by atoms with Crippen molar-refractivity contribution in [3.05, 3.63) is 0 Å². The Morgan fingerprint density at radius 1 is 1.61 bits per heavy atom. The lowest BCUT2D eigenvalue weighted by molar-refractivity contribution is -0.141. The second-order valence-corrected chi connectivity index (χ2v) is 4.42. The quantitative estimate of drug-likeness (QED) is 0.639. The molecule has 1 fully saturated rings. The largest absolute Gasteiger partial charge is 0.481 e. The van der Waals surface area contributed by atoms with E-state index >= 15 is 0 Å². The molecule has 2 unspecified atom stereocenters. The van der Waals surface area contributed by atoms with Crippen molar-refractivity contribution in [2.75, 3.05) is 19.6 Å². The number of rotatable bonds is 4. The van der Waals surface area contributed by atoms with Gasteiger partial charge in [0.2, 0.25) is 5.91 Å². The number of carboxylic acid groups (broad SMARTS) is 1. The van der Waals surface area contributed by atoms with Gasteiger partial charge in [-0.1, -0.05) is 6.92 Å². The summed E-state index contributed by atoms with van der Waals surface area (Å²) in [6, 6.07) is -0.814. The molecule has 1 rings (SSSR count). The van der Waals surface area contributed by atoms with Gasteiger partial charge in [0.15, 0.2) is 0 Å². The maximum atomic E-state index is 11.8. The van der Waals surface area contributed by atoms with Crippen LogP contribution < -0.4 is 10.6 Å². The molecule has 0 spiro atoms. The van der Waals surface area contributed by atoms with E-state index in [-0.39, 0.29) is 18.5 Å². The second kappa shape index (κ2) is 6.23. The van der Waals surface area contributed by atoms with E-state index < -0.39 is 17.9 Å². The van der Waals surface area contributed by atoms with Crippen LogP contribution in [0.2, 0.25) is 0 Å². The normalized spacial score (nSPS) is 21.1. The summed E-state index contributed by atoms with van der Waals surface area (Å²) in [4.78, 5) is 35.2. The van der Waals surface area contributed by atoms with Crippen LogP contribution in [0.5, 0.6) is 0 Å². The third-order valence-electron chi connectivity index (χ3n) is 3.03. The fraction of sp³-hybridized carbons (Fsp3) is 0.727. The van der Waals surface area contributed by atoms with E-state index in [1.54, 1.807) is 13.8 Å². The van der Waals surface area contributed by atoms with Crippen molar-refractivity contribution in [1.82, 2.24) is 15.5 Å². The molecule has 3 amide bonds. The second-order valence-electron chi connectivity index (χ2n) is 4.42. The third kappa shape index (κ3) is 3.61. The summed E-state index contributed by atoms with van der Waals surface area (Å²) in [6.45, 7) is 4.45. The fourth-order valence-electron chi connectivity index (χ4n) is 1.68. The van der Waals surface area contributed by atoms with E-state index in [0.717, 1.165) is 0 Å². The van der Waals surface area contributed by atoms with E-state index in [1.165, 1.54) is 4.90 Å². The molecule has 0 aromatic carbocycles. The predicted molar refractivity (Wildman–Crippen MR) is 64.0 cm³/mol. The summed E-state index contributed by atoms with van der Waals surface area (Å²) in [7, 11) is 0. The topological polar surface area (TPSA) is 98.7 Å². The van der Waals surface area contributed by atoms with Gasteiger partial charge in [-0.05, 0) is 13.3 Å². The van der Waals surface area contributed by atoms with E-state index in [9.17, 15) is 14.4 Å². The van der Waals surface area contributed by atoms with Crippen molar-refractivity contribution in [1.29, 1.82) is 0 Å². The summed E-state index contributed by atoms with van der Waals surface area (Å²) >= 11 is 0. The van der Waals surface area contributed by atoms with Crippen LogP contribution in [0.1, 0.15) is 20.3 Å². The molecule has 1 saturated heterocycles. The lowest BCUT2D eigenvalue weighted by Gasteiger charge is -2.32. The number of urea groups is 1. The Morgan fingerprint density at radius 2 is 2.28 bits per heavy atom. The Labute approximate surface area is 106 Å². The molecule has 1 aliphatic rings. The third-order valence-corrected chi connectivity index (χ3v) is 3.03. The first-order chi connectivity index (χ1) is 8.43. The molecule has 2 atom stereocenters. The van der Waals surface area contributed by atoms with Gasteiger partial charge in [0.25, 0.3) is 0 Å². The van der Waals surface area contributed by atoms with Gasteiger partial charge in [-0.15, -0.1) is 0 Å². The Morgan fingerprint density at radius 3 is 2.89 bits per heavy atom. The smallest absolute Gasteiger partial charge is 0.318 e. The fourth-order valence-corrected chi connectivity index (χ4v) is 1.68. The van der Waals surface area contributed by atoms with Gasteiger partial charge in [0.05, 0.1) is 5.92 Å². The first-order valence-electron chi connectivity index (χ1n) is 5.98. The summed E-state index contributed by atoms with van der Waals surface area (Å²) in [5, 5.41) is 14.0. The molecular weight excluding hydrogens is 238 g/mol. The van der Waals surface area contributed by atoms with Gasteiger partial charge in [0, 0.05) is 19.6 Å². The highest BCUT2D eigenvalue weighted by Gasteiger charge is 2.28. The van der Waals surface area contributed by atoms with Crippen molar-refractivity contribution in [2.45, 2.75) is 26.3 Å². The Bertz CT molecular complexity index is 345. The maximum Gasteiger partial charge on any atom is 0.318 e. The number of amides is 3. The highest BCUT2D eigenvalue weighted by Crippen LogP contribution is 2.05. The SMILES string of the molecule is CC(CCNC(=O)N1CCNC(=O)C1C)C(=O)O. The summed E-state index contributed by atoms with van der Waals surface area (Å²) in [5.41, 5.74) is 0. The molecule has 0 saturated carbocycles. The van der Waals surface area contributed by atoms with E-state index in [0.29, 0.717) is 19.5 Å². The van der Waals surface area contributed by atoms with E-state index in [1.807, 2.05) is 0 Å². The molecule has 0 aromatic heterocycles. The van der Waals surface area contributed by atoms with Crippen LogP contribution in [0, 0.1) is 5.92 Å². The first-order valence-corrected chi connectivity index (χ1v) is 5.98. The lowest BCUT2D eigenvalue weighted by atomic mass is 10.1. The number of carboxylic acids is 1. The van der Waals surface area contributed by atoms with Crippen LogP contribution in [0.15, 0.2) is 0 Å². The molecule has 18 heavy (non-hydrogen) atoms. The molecule has 102 valence electrons. The molecule has 0 bridgehead atoms. The number of hydrogen-bond acceptors (Lipinski definition) is 3. The van der Waals surface area contributed by atoms with Gasteiger partial charge in [-0.2, -0.15) is 0 Å². The van der Waals surface area contributed by atoms with Crippen molar-refractivity contribution in [2.24, 2.45) is 5.92 Å². The average Bonchev–Trinajstić information content (AvgIpc) is 2.32. The predicted octanol–water partition coefficient (Wildman–Crippen LogP) is -0.373. The summed E-state index contributed by atoms with van der Waals surface area (Å²) in [6.07, 6.45) is 0.371. The number of piperazine rings is 1. The van der Waals surface area contributed by atoms with Crippen molar-refractivity contribution < 1.29 is 19.5 Å². The van der Waals surface area contributed by atoms with Gasteiger partial charge >= 0.3 is 12.0 Å². The lowest BCUT2D eigenvalue weighted by Crippen LogP contribution is -2.58. The summed E-state index contributed by atoms with van der Waals surface area (Å²) in [5.74, 6) is -1.54. The molecule has 0 radical (unpaired) electrons. The highest BCUT2D eigenvalue weighted by molar-refractivity contribution is 5.87. The minimum Gasteiger partial charge on any atom is -0.481 e. The van der Waals surface area contributed by atoms with Gasteiger partial charge in [-0.3, -0.25) is 9.59 Å². The Balaban J connectivity index is 2.36. The summed E-state index contributed by atoms with van der Waals surface area (Å²) < 4.78 is 0. The Kier molecular flexibility index (Phi) is 4.94. The van der Waals surface area contributed by atoms with Crippen LogP contribution in [0.3, 0.4) is 0 Å². The van der Waals surface area contributed by atoms with Crippen molar-refractivity contribution in [3.63, 3.8) is 0 Å². The highest BCUT2D eigenvalue weighted by atomic mass is 16.4. The zero-order chi connectivity index (χ0) is 13.7. The molecule has 0 aliphatic carbocycles. The van der Waals surface area contributed by atoms with E-state index in [4.69, 9.17) is 5.11 Å². The van der Waals surface area contributed by atoms with Crippen LogP contribution in [0.25, 0.3) is 0 Å². The van der Waals surface area contributed by atoms with Crippen molar-refractivity contribution in [3.8, 4) is 0 Å². The molecule has 7 nitrogen and oxygen atoms in total. The number of carbonyl (C=O) groups excluding carboxylic acids is 2. The number of hydrogen-bond donors (Lipinski definition) is 3. The molecule has 1 aliphatic heterocycles. The van der Waals surface area contributed by atoms with Crippen LogP contribution >= 0.6 is 0 Å². The molecular formula is C11H19N3O4. The number of aliphatic carboxylic acids is 1. The van der Waals surface area contributed by atoms with Crippen LogP contribution in [-0.4, -0.2) is 53.6 Å². The van der Waals surface area contributed by atoms with Gasteiger partial charge < -0.3 is 20.6 Å². The Hall–Kier alpha value is -1.79. The van der Waals surface area contributed by atoms with Gasteiger partial charge in [0.1, 0.15) is 6.04 Å². The number of nitrogens with zero attached hydrogens (tertiary/aromatic N) is 1. The molecule has 3 N–H and O–H groups in total. The van der Waals surface area contributed by atoms with Gasteiger partial charge in [-0.25, -0.2) is 4.79 Å². The molecule has 1 heterocycles. The average molecular weight is 257 g/mol. The zero-order valence-electron chi connectivity index (χ0n) is 10.6. The minimum absolute atomic E-state index is 0.171. The van der Waals surface area contributed by atoms with Crippen LogP contribution in [-0.2, 0) is 9.59 Å². The van der Waals surface area contributed by atoms with Crippen LogP contribution in [0.4, 0.5) is 4.79 Å². The zero-order valence-corrected chi connectivity index (χ0v) is 10.6. The maximum absolute atomic E-state index is 11.8. The van der Waals surface area contributed by atoms with E-state index in [2.05, 4.69) is 10.6 Å². The number of carbonyl (C=O) groups is 3.